The lowest BCUT2D eigenvalue weighted by Gasteiger charge is -2.20. The molecule has 2 rings (SSSR count). The molecule has 22 heavy (non-hydrogen) atoms. The normalized spacial score (nSPS) is 18.0. The maximum atomic E-state index is 4.23. The minimum absolute atomic E-state index is 0.609. The molecule has 0 aliphatic carbocycles. The van der Waals surface area contributed by atoms with Gasteiger partial charge in [0.05, 0.1) is 0 Å². The second-order valence-corrected chi connectivity index (χ2v) is 6.45. The summed E-state index contributed by atoms with van der Waals surface area (Å²) in [5.41, 5.74) is 4.08. The largest absolute Gasteiger partial charge is 0.388 e. The van der Waals surface area contributed by atoms with E-state index in [1.54, 1.807) is 0 Å². The first-order valence-electron chi connectivity index (χ1n) is 8.75. The molecule has 0 radical (unpaired) electrons. The molecule has 0 unspecified atom stereocenters. The maximum Gasteiger partial charge on any atom is 0.0236 e. The molecule has 1 aliphatic rings. The third kappa shape index (κ3) is 5.84. The van der Waals surface area contributed by atoms with Gasteiger partial charge in [-0.15, -0.1) is 0 Å². The predicted molar refractivity (Wildman–Crippen MR) is 97.9 cm³/mol. The van der Waals surface area contributed by atoms with E-state index in [4.69, 9.17) is 0 Å². The zero-order valence-electron chi connectivity index (χ0n) is 15.2. The molecule has 0 saturated carbocycles. The van der Waals surface area contributed by atoms with Crippen molar-refractivity contribution in [1.82, 2.24) is 10.2 Å². The van der Waals surface area contributed by atoms with Gasteiger partial charge in [-0.05, 0) is 36.9 Å². The fourth-order valence-electron chi connectivity index (χ4n) is 2.77. The molecule has 0 aromatic heterocycles. The van der Waals surface area contributed by atoms with E-state index in [1.807, 2.05) is 13.8 Å². The fraction of sp³-hybridized carbons (Fsp3) is 0.600. The highest BCUT2D eigenvalue weighted by molar-refractivity contribution is 5.25. The molecule has 2 heteroatoms. The molecule has 2 nitrogen and oxygen atoms in total. The summed E-state index contributed by atoms with van der Waals surface area (Å²) in [6, 6.07) is 8.70. The van der Waals surface area contributed by atoms with Gasteiger partial charge >= 0.3 is 0 Å². The van der Waals surface area contributed by atoms with Crippen molar-refractivity contribution < 1.29 is 0 Å². The van der Waals surface area contributed by atoms with Crippen LogP contribution in [0, 0.1) is 18.8 Å². The number of hydrogen-bond donors (Lipinski definition) is 1. The molecule has 124 valence electrons. The lowest BCUT2D eigenvalue weighted by Crippen LogP contribution is -2.26. The fourth-order valence-corrected chi connectivity index (χ4v) is 2.77. The van der Waals surface area contributed by atoms with Gasteiger partial charge < -0.3 is 5.32 Å². The lowest BCUT2D eigenvalue weighted by molar-refractivity contribution is 0.320. The van der Waals surface area contributed by atoms with Crippen molar-refractivity contribution in [3.8, 4) is 0 Å². The van der Waals surface area contributed by atoms with E-state index in [0.29, 0.717) is 11.8 Å². The number of benzene rings is 1. The van der Waals surface area contributed by atoms with Crippen LogP contribution in [0.4, 0.5) is 0 Å². The summed E-state index contributed by atoms with van der Waals surface area (Å²) in [5.74, 6) is 1.29. The highest BCUT2D eigenvalue weighted by Gasteiger charge is 2.24. The van der Waals surface area contributed by atoms with Crippen molar-refractivity contribution in [3.63, 3.8) is 0 Å². The van der Waals surface area contributed by atoms with Crippen LogP contribution >= 0.6 is 0 Å². The van der Waals surface area contributed by atoms with Gasteiger partial charge in [-0.2, -0.15) is 0 Å². The molecular weight excluding hydrogens is 268 g/mol. The van der Waals surface area contributed by atoms with Crippen molar-refractivity contribution in [2.45, 2.75) is 47.6 Å². The smallest absolute Gasteiger partial charge is 0.0236 e. The van der Waals surface area contributed by atoms with Crippen LogP contribution in [0.1, 0.15) is 45.2 Å². The summed E-state index contributed by atoms with van der Waals surface area (Å²) in [7, 11) is 0. The third-order valence-electron chi connectivity index (χ3n) is 4.16. The quantitative estimate of drug-likeness (QED) is 0.826. The van der Waals surface area contributed by atoms with Crippen molar-refractivity contribution in [1.29, 1.82) is 0 Å². The summed E-state index contributed by atoms with van der Waals surface area (Å²) in [6.07, 6.45) is 1.23. The van der Waals surface area contributed by atoms with E-state index in [1.165, 1.54) is 29.8 Å². The highest BCUT2D eigenvalue weighted by atomic mass is 15.1. The van der Waals surface area contributed by atoms with Crippen LogP contribution in [0.5, 0.6) is 0 Å². The van der Waals surface area contributed by atoms with Gasteiger partial charge in [-0.3, -0.25) is 4.90 Å². The molecule has 1 fully saturated rings. The Bertz CT molecular complexity index is 451. The number of hydrogen-bond acceptors (Lipinski definition) is 2. The first kappa shape index (κ1) is 18.8. The summed E-state index contributed by atoms with van der Waals surface area (Å²) >= 11 is 0. The third-order valence-corrected chi connectivity index (χ3v) is 4.16. The van der Waals surface area contributed by atoms with Crippen LogP contribution < -0.4 is 5.32 Å². The molecule has 1 aliphatic heterocycles. The Balaban J connectivity index is 0.00000116. The van der Waals surface area contributed by atoms with E-state index in [2.05, 4.69) is 61.8 Å². The zero-order chi connectivity index (χ0) is 16.5. The topological polar surface area (TPSA) is 15.3 Å². The number of nitrogens with zero attached hydrogens (tertiary/aromatic N) is 1. The molecule has 0 spiro atoms. The molecule has 1 atom stereocenters. The molecule has 1 saturated heterocycles. The Labute approximate surface area is 137 Å². The Kier molecular flexibility index (Phi) is 8.26. The van der Waals surface area contributed by atoms with Crippen LogP contribution in [0.2, 0.25) is 0 Å². The minimum atomic E-state index is 0.609. The lowest BCUT2D eigenvalue weighted by atomic mass is 10.1. The highest BCUT2D eigenvalue weighted by Crippen LogP contribution is 2.23. The van der Waals surface area contributed by atoms with Crippen molar-refractivity contribution in [2.75, 3.05) is 19.6 Å². The Morgan fingerprint density at radius 3 is 2.64 bits per heavy atom. The first-order valence-corrected chi connectivity index (χ1v) is 8.75. The van der Waals surface area contributed by atoms with Gasteiger partial charge in [0.25, 0.3) is 0 Å². The molecule has 1 N–H and O–H groups in total. The molecule has 1 heterocycles. The predicted octanol–water partition coefficient (Wildman–Crippen LogP) is 4.60. The van der Waals surface area contributed by atoms with E-state index in [9.17, 15) is 0 Å². The number of rotatable bonds is 6. The summed E-state index contributed by atoms with van der Waals surface area (Å²) in [6.45, 7) is 19.3. The van der Waals surface area contributed by atoms with Crippen LogP contribution in [-0.2, 0) is 6.54 Å². The van der Waals surface area contributed by atoms with Gasteiger partial charge in [0, 0.05) is 31.2 Å². The SMILES string of the molecule is C=C(NCC(C)C)[C@@H]1CCN(Cc2ccccc2C)C1.CC. The van der Waals surface area contributed by atoms with E-state index in [0.717, 1.165) is 19.6 Å². The first-order chi connectivity index (χ1) is 10.6. The molecular formula is C20H34N2. The van der Waals surface area contributed by atoms with Gasteiger partial charge in [-0.1, -0.05) is 58.5 Å². The number of nitrogens with one attached hydrogen (secondary N) is 1. The standard InChI is InChI=1S/C18H28N2.C2H6/c1-14(2)11-19-16(4)18-9-10-20(13-18)12-17-8-6-5-7-15(17)3;1-2/h5-8,14,18-19H,4,9-13H2,1-3H3;1-2H3/t18-;/m1./s1. The van der Waals surface area contributed by atoms with Crippen molar-refractivity contribution in [2.24, 2.45) is 11.8 Å². The van der Waals surface area contributed by atoms with Crippen molar-refractivity contribution in [3.05, 3.63) is 47.7 Å². The van der Waals surface area contributed by atoms with Gasteiger partial charge in [0.1, 0.15) is 0 Å². The van der Waals surface area contributed by atoms with Crippen LogP contribution in [-0.4, -0.2) is 24.5 Å². The van der Waals surface area contributed by atoms with E-state index in [-0.39, 0.29) is 0 Å². The molecule has 0 amide bonds. The second kappa shape index (κ2) is 9.68. The maximum absolute atomic E-state index is 4.23. The van der Waals surface area contributed by atoms with Gasteiger partial charge in [-0.25, -0.2) is 0 Å². The Morgan fingerprint density at radius 1 is 1.32 bits per heavy atom. The van der Waals surface area contributed by atoms with Crippen LogP contribution in [0.3, 0.4) is 0 Å². The van der Waals surface area contributed by atoms with Crippen LogP contribution in [0.15, 0.2) is 36.5 Å². The molecule has 0 bridgehead atoms. The Morgan fingerprint density at radius 2 is 2.00 bits per heavy atom. The summed E-state index contributed by atoms with van der Waals surface area (Å²) < 4.78 is 0. The second-order valence-electron chi connectivity index (χ2n) is 6.45. The monoisotopic (exact) mass is 302 g/mol. The average Bonchev–Trinajstić information content (AvgIpc) is 2.98. The Hall–Kier alpha value is -1.28. The molecule has 1 aromatic rings. The molecule has 1 aromatic carbocycles. The number of aryl methyl sites for hydroxylation is 1. The summed E-state index contributed by atoms with van der Waals surface area (Å²) in [5, 5.41) is 3.50. The van der Waals surface area contributed by atoms with Crippen LogP contribution in [0.25, 0.3) is 0 Å². The average molecular weight is 303 g/mol. The summed E-state index contributed by atoms with van der Waals surface area (Å²) in [4.78, 5) is 2.55. The number of likely N-dealkylation sites (tertiary alicyclic amines) is 1. The van der Waals surface area contributed by atoms with E-state index >= 15 is 0 Å². The van der Waals surface area contributed by atoms with Gasteiger partial charge in [0.2, 0.25) is 0 Å². The van der Waals surface area contributed by atoms with Gasteiger partial charge in [0.15, 0.2) is 0 Å². The minimum Gasteiger partial charge on any atom is -0.388 e. The zero-order valence-corrected chi connectivity index (χ0v) is 15.2. The van der Waals surface area contributed by atoms with Crippen molar-refractivity contribution >= 4 is 0 Å². The van der Waals surface area contributed by atoms with E-state index < -0.39 is 0 Å².